The number of sulfonamides is 1. The Bertz CT molecular complexity index is 1100. The molecule has 0 aliphatic carbocycles. The highest BCUT2D eigenvalue weighted by Gasteiger charge is 2.31. The van der Waals surface area contributed by atoms with Gasteiger partial charge in [0.15, 0.2) is 0 Å². The molecule has 0 unspecified atom stereocenters. The standard InChI is InChI=1S/C20H22N4O6S/c1-13(25)23-31(28,29)18-8-6-14(7-9-18)21-20(27)22-15-10-19(26)24(12-15)16-4-3-5-17(11-16)30-2/h3-9,11,15H,10,12H2,1-2H3,(H,23,25)(H2,21,22,27)/t15-/m1/s1. The molecule has 31 heavy (non-hydrogen) atoms. The minimum atomic E-state index is -3.95. The monoisotopic (exact) mass is 446 g/mol. The molecule has 3 rings (SSSR count). The minimum absolute atomic E-state index is 0.107. The largest absolute Gasteiger partial charge is 0.497 e. The van der Waals surface area contributed by atoms with Gasteiger partial charge >= 0.3 is 6.03 Å². The van der Waals surface area contributed by atoms with Crippen molar-refractivity contribution in [3.05, 3.63) is 48.5 Å². The fourth-order valence-electron chi connectivity index (χ4n) is 3.15. The molecule has 0 bridgehead atoms. The van der Waals surface area contributed by atoms with Crippen molar-refractivity contribution in [2.24, 2.45) is 0 Å². The van der Waals surface area contributed by atoms with Crippen LogP contribution < -0.4 is 25.0 Å². The van der Waals surface area contributed by atoms with Gasteiger partial charge in [-0.1, -0.05) is 6.07 Å². The molecule has 1 aliphatic heterocycles. The third-order valence-electron chi connectivity index (χ3n) is 4.53. The van der Waals surface area contributed by atoms with Gasteiger partial charge in [-0.05, 0) is 36.4 Å². The van der Waals surface area contributed by atoms with Crippen LogP contribution in [-0.4, -0.2) is 46.0 Å². The van der Waals surface area contributed by atoms with E-state index in [2.05, 4.69) is 10.6 Å². The molecule has 0 spiro atoms. The lowest BCUT2D eigenvalue weighted by Crippen LogP contribution is -2.39. The van der Waals surface area contributed by atoms with Gasteiger partial charge in [0.2, 0.25) is 11.8 Å². The van der Waals surface area contributed by atoms with Crippen molar-refractivity contribution in [3.8, 4) is 5.75 Å². The topological polar surface area (TPSA) is 134 Å². The molecular formula is C20H22N4O6S. The van der Waals surface area contributed by atoms with E-state index in [4.69, 9.17) is 4.74 Å². The van der Waals surface area contributed by atoms with Crippen molar-refractivity contribution in [2.45, 2.75) is 24.3 Å². The van der Waals surface area contributed by atoms with E-state index in [-0.39, 0.29) is 17.2 Å². The van der Waals surface area contributed by atoms with E-state index in [1.165, 1.54) is 24.3 Å². The maximum Gasteiger partial charge on any atom is 0.319 e. The quantitative estimate of drug-likeness (QED) is 0.615. The predicted octanol–water partition coefficient (Wildman–Crippen LogP) is 1.45. The molecule has 2 aromatic carbocycles. The van der Waals surface area contributed by atoms with Crippen LogP contribution in [0.2, 0.25) is 0 Å². The summed E-state index contributed by atoms with van der Waals surface area (Å²) >= 11 is 0. The Kier molecular flexibility index (Phi) is 6.44. The number of urea groups is 1. The van der Waals surface area contributed by atoms with Gasteiger partial charge in [0.1, 0.15) is 5.75 Å². The summed E-state index contributed by atoms with van der Waals surface area (Å²) in [5.74, 6) is -0.190. The van der Waals surface area contributed by atoms with Crippen LogP contribution in [0.3, 0.4) is 0 Å². The highest BCUT2D eigenvalue weighted by molar-refractivity contribution is 7.90. The summed E-state index contributed by atoms with van der Waals surface area (Å²) in [6.07, 6.45) is 0.151. The highest BCUT2D eigenvalue weighted by Crippen LogP contribution is 2.25. The summed E-state index contributed by atoms with van der Waals surface area (Å²) < 4.78 is 30.9. The number of anilines is 2. The zero-order chi connectivity index (χ0) is 22.6. The van der Waals surface area contributed by atoms with Gasteiger partial charge in [0.05, 0.1) is 18.0 Å². The van der Waals surface area contributed by atoms with Crippen molar-refractivity contribution >= 4 is 39.2 Å². The smallest absolute Gasteiger partial charge is 0.319 e. The molecule has 164 valence electrons. The van der Waals surface area contributed by atoms with E-state index < -0.39 is 28.0 Å². The molecule has 10 nitrogen and oxygen atoms in total. The minimum Gasteiger partial charge on any atom is -0.497 e. The van der Waals surface area contributed by atoms with Gasteiger partial charge in [-0.2, -0.15) is 0 Å². The van der Waals surface area contributed by atoms with Gasteiger partial charge in [0, 0.05) is 37.3 Å². The van der Waals surface area contributed by atoms with Crippen molar-refractivity contribution < 1.29 is 27.5 Å². The van der Waals surface area contributed by atoms with Gasteiger partial charge in [-0.3, -0.25) is 9.59 Å². The molecule has 0 radical (unpaired) electrons. The molecular weight excluding hydrogens is 424 g/mol. The number of amides is 4. The molecule has 2 aromatic rings. The Morgan fingerprint density at radius 3 is 2.48 bits per heavy atom. The second-order valence-corrected chi connectivity index (χ2v) is 8.57. The van der Waals surface area contributed by atoms with E-state index in [0.717, 1.165) is 6.92 Å². The zero-order valence-corrected chi connectivity index (χ0v) is 17.7. The van der Waals surface area contributed by atoms with E-state index in [1.807, 2.05) is 4.72 Å². The average molecular weight is 446 g/mol. The first kappa shape index (κ1) is 22.1. The van der Waals surface area contributed by atoms with Crippen LogP contribution in [0.25, 0.3) is 0 Å². The maximum atomic E-state index is 12.4. The molecule has 0 aromatic heterocycles. The Morgan fingerprint density at radius 1 is 1.13 bits per heavy atom. The van der Waals surface area contributed by atoms with Crippen LogP contribution >= 0.6 is 0 Å². The molecule has 1 atom stereocenters. The van der Waals surface area contributed by atoms with Crippen LogP contribution in [0.5, 0.6) is 5.75 Å². The summed E-state index contributed by atoms with van der Waals surface area (Å²) in [4.78, 5) is 37.1. The summed E-state index contributed by atoms with van der Waals surface area (Å²) in [5.41, 5.74) is 1.04. The van der Waals surface area contributed by atoms with Gasteiger partial charge in [0.25, 0.3) is 10.0 Å². The fraction of sp³-hybridized carbons (Fsp3) is 0.250. The number of ether oxygens (including phenoxy) is 1. The number of nitrogens with one attached hydrogen (secondary N) is 3. The van der Waals surface area contributed by atoms with Gasteiger partial charge in [-0.15, -0.1) is 0 Å². The van der Waals surface area contributed by atoms with Gasteiger partial charge < -0.3 is 20.3 Å². The molecule has 3 N–H and O–H groups in total. The molecule has 4 amide bonds. The van der Waals surface area contributed by atoms with Crippen LogP contribution in [0, 0.1) is 0 Å². The molecule has 1 heterocycles. The van der Waals surface area contributed by atoms with Crippen LogP contribution in [-0.2, 0) is 19.6 Å². The number of hydrogen-bond acceptors (Lipinski definition) is 6. The lowest BCUT2D eigenvalue weighted by molar-refractivity contribution is -0.118. The Hall–Kier alpha value is -3.60. The normalized spacial score (nSPS) is 16.0. The Morgan fingerprint density at radius 2 is 1.84 bits per heavy atom. The third-order valence-corrected chi connectivity index (χ3v) is 5.97. The number of carbonyl (C=O) groups excluding carboxylic acids is 3. The summed E-state index contributed by atoms with van der Waals surface area (Å²) in [5, 5.41) is 5.33. The predicted molar refractivity (Wildman–Crippen MR) is 113 cm³/mol. The van der Waals surface area contributed by atoms with Gasteiger partial charge in [-0.25, -0.2) is 17.9 Å². The highest BCUT2D eigenvalue weighted by atomic mass is 32.2. The number of benzene rings is 2. The van der Waals surface area contributed by atoms with E-state index in [1.54, 1.807) is 36.3 Å². The van der Waals surface area contributed by atoms with Crippen LogP contribution in [0.4, 0.5) is 16.2 Å². The summed E-state index contributed by atoms with van der Waals surface area (Å²) in [6.45, 7) is 1.41. The summed E-state index contributed by atoms with van der Waals surface area (Å²) in [7, 11) is -2.40. The molecule has 1 saturated heterocycles. The Labute approximate surface area is 179 Å². The van der Waals surface area contributed by atoms with Crippen LogP contribution in [0.15, 0.2) is 53.4 Å². The fourth-order valence-corrected chi connectivity index (χ4v) is 4.14. The lowest BCUT2D eigenvalue weighted by Gasteiger charge is -2.18. The van der Waals surface area contributed by atoms with E-state index in [9.17, 15) is 22.8 Å². The van der Waals surface area contributed by atoms with Crippen molar-refractivity contribution in [3.63, 3.8) is 0 Å². The number of carbonyl (C=O) groups is 3. The number of nitrogens with zero attached hydrogens (tertiary/aromatic N) is 1. The van der Waals surface area contributed by atoms with Crippen molar-refractivity contribution in [1.29, 1.82) is 0 Å². The molecule has 0 saturated carbocycles. The first-order valence-corrected chi connectivity index (χ1v) is 10.8. The van der Waals surface area contributed by atoms with E-state index >= 15 is 0 Å². The van der Waals surface area contributed by atoms with E-state index in [0.29, 0.717) is 23.7 Å². The van der Waals surface area contributed by atoms with Crippen LogP contribution in [0.1, 0.15) is 13.3 Å². The lowest BCUT2D eigenvalue weighted by atomic mass is 10.2. The number of rotatable bonds is 6. The van der Waals surface area contributed by atoms with Crippen molar-refractivity contribution in [2.75, 3.05) is 23.9 Å². The SMILES string of the molecule is COc1cccc(N2C[C@H](NC(=O)Nc3ccc(S(=O)(=O)NC(C)=O)cc3)CC2=O)c1. The second-order valence-electron chi connectivity index (χ2n) is 6.89. The van der Waals surface area contributed by atoms with Crippen molar-refractivity contribution in [1.82, 2.24) is 10.0 Å². The third kappa shape index (κ3) is 5.51. The Balaban J connectivity index is 1.58. The molecule has 1 aliphatic rings. The number of hydrogen-bond donors (Lipinski definition) is 3. The maximum absolute atomic E-state index is 12.4. The zero-order valence-electron chi connectivity index (χ0n) is 16.9. The number of methoxy groups -OCH3 is 1. The molecule has 1 fully saturated rings. The second kappa shape index (κ2) is 9.04. The first-order chi connectivity index (χ1) is 14.7. The average Bonchev–Trinajstić information content (AvgIpc) is 3.07. The molecule has 11 heteroatoms. The first-order valence-electron chi connectivity index (χ1n) is 9.33. The summed E-state index contributed by atoms with van der Waals surface area (Å²) in [6, 6.07) is 11.5.